The fourth-order valence-corrected chi connectivity index (χ4v) is 3.11. The topological polar surface area (TPSA) is 112 Å². The van der Waals surface area contributed by atoms with Crippen molar-refractivity contribution in [3.8, 4) is 17.1 Å². The Labute approximate surface area is 173 Å². The van der Waals surface area contributed by atoms with Crippen molar-refractivity contribution < 1.29 is 14.6 Å². The second-order valence-corrected chi connectivity index (χ2v) is 6.58. The van der Waals surface area contributed by atoms with E-state index in [4.69, 9.17) is 9.84 Å². The van der Waals surface area contributed by atoms with Gasteiger partial charge in [-0.3, -0.25) is 9.78 Å². The van der Waals surface area contributed by atoms with Crippen LogP contribution >= 0.6 is 0 Å². The van der Waals surface area contributed by atoms with Gasteiger partial charge >= 0.3 is 0 Å². The Morgan fingerprint density at radius 2 is 2.03 bits per heavy atom. The maximum atomic E-state index is 12.1. The molecule has 0 saturated heterocycles. The number of aromatic nitrogens is 3. The van der Waals surface area contributed by atoms with Crippen molar-refractivity contribution in [2.24, 2.45) is 0 Å². The summed E-state index contributed by atoms with van der Waals surface area (Å²) in [5.41, 5.74) is 3.69. The summed E-state index contributed by atoms with van der Waals surface area (Å²) in [6.45, 7) is 0.0746. The van der Waals surface area contributed by atoms with Crippen molar-refractivity contribution in [3.05, 3.63) is 66.5 Å². The van der Waals surface area contributed by atoms with E-state index < -0.39 is 0 Å². The first-order chi connectivity index (χ1) is 14.7. The summed E-state index contributed by atoms with van der Waals surface area (Å²) in [6, 6.07) is 15.1. The second kappa shape index (κ2) is 8.62. The van der Waals surface area contributed by atoms with Crippen LogP contribution < -0.4 is 15.4 Å². The van der Waals surface area contributed by atoms with Crippen molar-refractivity contribution in [2.75, 3.05) is 25.6 Å². The van der Waals surface area contributed by atoms with Crippen LogP contribution in [0.5, 0.6) is 5.75 Å². The number of nitrogens with one attached hydrogen (secondary N) is 3. The van der Waals surface area contributed by atoms with Crippen molar-refractivity contribution in [3.63, 3.8) is 0 Å². The third-order valence-electron chi connectivity index (χ3n) is 4.56. The molecular weight excluding hydrogens is 382 g/mol. The van der Waals surface area contributed by atoms with Crippen molar-refractivity contribution in [2.45, 2.75) is 0 Å². The third-order valence-corrected chi connectivity index (χ3v) is 4.56. The lowest BCUT2D eigenvalue weighted by Crippen LogP contribution is -2.26. The molecule has 4 aromatic rings. The number of methoxy groups -OCH3 is 1. The van der Waals surface area contributed by atoms with Gasteiger partial charge in [-0.05, 0) is 30.3 Å². The molecule has 4 rings (SSSR count). The van der Waals surface area contributed by atoms with Gasteiger partial charge in [0.05, 0.1) is 37.5 Å². The molecule has 0 saturated carbocycles. The van der Waals surface area contributed by atoms with Crippen LogP contribution in [-0.2, 0) is 0 Å². The van der Waals surface area contributed by atoms with Crippen LogP contribution in [0, 0.1) is 0 Å². The zero-order valence-electron chi connectivity index (χ0n) is 16.3. The number of aromatic amines is 1. The quantitative estimate of drug-likeness (QED) is 0.377. The fraction of sp³-hybridized carbons (Fsp3) is 0.136. The Morgan fingerprint density at radius 3 is 2.83 bits per heavy atom. The van der Waals surface area contributed by atoms with Crippen LogP contribution in [0.25, 0.3) is 22.3 Å². The molecule has 152 valence electrons. The first-order valence-corrected chi connectivity index (χ1v) is 9.42. The molecule has 0 aliphatic rings. The number of aliphatic hydroxyl groups excluding tert-OH is 1. The predicted molar refractivity (Wildman–Crippen MR) is 115 cm³/mol. The Morgan fingerprint density at radius 1 is 1.17 bits per heavy atom. The average molecular weight is 403 g/mol. The largest absolute Gasteiger partial charge is 0.495 e. The highest BCUT2D eigenvalue weighted by molar-refractivity contribution is 5.95. The SMILES string of the molecule is COc1cc(C(=O)NCCO)ccc1Nc1cncc(-c2cc3ccccc3[nH]2)n1. The molecule has 8 heteroatoms. The number of carbonyl (C=O) groups excluding carboxylic acids is 1. The summed E-state index contributed by atoms with van der Waals surface area (Å²) < 4.78 is 5.42. The number of aliphatic hydroxyl groups is 1. The number of amides is 1. The predicted octanol–water partition coefficient (Wildman–Crippen LogP) is 3.10. The van der Waals surface area contributed by atoms with Crippen LogP contribution in [0.15, 0.2) is 60.9 Å². The van der Waals surface area contributed by atoms with E-state index in [1.165, 1.54) is 7.11 Å². The Hall–Kier alpha value is -3.91. The third kappa shape index (κ3) is 4.08. The lowest BCUT2D eigenvalue weighted by molar-refractivity contribution is 0.0944. The minimum atomic E-state index is -0.283. The number of benzene rings is 2. The van der Waals surface area contributed by atoms with Gasteiger partial charge in [0.1, 0.15) is 17.3 Å². The average Bonchev–Trinajstić information content (AvgIpc) is 3.22. The van der Waals surface area contributed by atoms with Crippen molar-refractivity contribution >= 4 is 28.3 Å². The van der Waals surface area contributed by atoms with Crippen molar-refractivity contribution in [1.82, 2.24) is 20.3 Å². The molecule has 0 fully saturated rings. The molecule has 0 atom stereocenters. The summed E-state index contributed by atoms with van der Waals surface area (Å²) in [5, 5.41) is 15.8. The number of carbonyl (C=O) groups is 1. The molecular formula is C22H21N5O3. The Bertz CT molecular complexity index is 1160. The van der Waals surface area contributed by atoms with Gasteiger partial charge in [0, 0.05) is 23.0 Å². The smallest absolute Gasteiger partial charge is 0.251 e. The van der Waals surface area contributed by atoms with Crippen molar-refractivity contribution in [1.29, 1.82) is 0 Å². The Balaban J connectivity index is 1.58. The van der Waals surface area contributed by atoms with Crippen LogP contribution in [0.2, 0.25) is 0 Å². The number of rotatable bonds is 7. The minimum Gasteiger partial charge on any atom is -0.495 e. The monoisotopic (exact) mass is 403 g/mol. The zero-order chi connectivity index (χ0) is 20.9. The molecule has 0 aliphatic heterocycles. The summed E-state index contributed by atoms with van der Waals surface area (Å²) in [6.07, 6.45) is 3.31. The fourth-order valence-electron chi connectivity index (χ4n) is 3.11. The first kappa shape index (κ1) is 19.4. The number of para-hydroxylation sites is 1. The molecule has 4 N–H and O–H groups in total. The highest BCUT2D eigenvalue weighted by atomic mass is 16.5. The molecule has 0 bridgehead atoms. The number of fused-ring (bicyclic) bond motifs is 1. The maximum absolute atomic E-state index is 12.1. The van der Waals surface area contributed by atoms with Crippen LogP contribution in [0.4, 0.5) is 11.5 Å². The van der Waals surface area contributed by atoms with E-state index in [-0.39, 0.29) is 19.1 Å². The summed E-state index contributed by atoms with van der Waals surface area (Å²) in [7, 11) is 1.53. The number of H-pyrrole nitrogens is 1. The standard InChI is InChI=1S/C22H21N5O3/c1-30-20-11-15(22(29)24-8-9-28)6-7-17(20)26-21-13-23-12-19(27-21)18-10-14-4-2-3-5-16(14)25-18/h2-7,10-13,25,28H,8-9H2,1H3,(H,24,29)(H,26,27). The van der Waals surface area contributed by atoms with E-state index in [1.807, 2.05) is 30.3 Å². The zero-order valence-corrected chi connectivity index (χ0v) is 16.3. The molecule has 2 heterocycles. The molecule has 0 spiro atoms. The summed E-state index contributed by atoms with van der Waals surface area (Å²) >= 11 is 0. The summed E-state index contributed by atoms with van der Waals surface area (Å²) in [5.74, 6) is 0.751. The Kier molecular flexibility index (Phi) is 5.58. The highest BCUT2D eigenvalue weighted by Crippen LogP contribution is 2.29. The van der Waals surface area contributed by atoms with Gasteiger partial charge in [0.15, 0.2) is 0 Å². The molecule has 2 aromatic carbocycles. The molecule has 0 aliphatic carbocycles. The van der Waals surface area contributed by atoms with E-state index >= 15 is 0 Å². The number of nitrogens with zero attached hydrogens (tertiary/aromatic N) is 2. The van der Waals surface area contributed by atoms with Gasteiger partial charge in [-0.25, -0.2) is 4.98 Å². The summed E-state index contributed by atoms with van der Waals surface area (Å²) in [4.78, 5) is 24.4. The van der Waals surface area contributed by atoms with Gasteiger partial charge in [-0.2, -0.15) is 0 Å². The van der Waals surface area contributed by atoms with Crippen LogP contribution in [0.1, 0.15) is 10.4 Å². The number of ether oxygens (including phenoxy) is 1. The maximum Gasteiger partial charge on any atom is 0.251 e. The van der Waals surface area contributed by atoms with Gasteiger partial charge < -0.3 is 25.5 Å². The normalized spacial score (nSPS) is 10.7. The van der Waals surface area contributed by atoms with Gasteiger partial charge in [-0.15, -0.1) is 0 Å². The second-order valence-electron chi connectivity index (χ2n) is 6.58. The number of anilines is 2. The van der Waals surface area contributed by atoms with E-state index in [1.54, 1.807) is 30.6 Å². The lowest BCUT2D eigenvalue weighted by atomic mass is 10.1. The molecule has 8 nitrogen and oxygen atoms in total. The molecule has 1 amide bonds. The minimum absolute atomic E-state index is 0.117. The van der Waals surface area contributed by atoms with E-state index in [9.17, 15) is 4.79 Å². The van der Waals surface area contributed by atoms with Crippen LogP contribution in [-0.4, -0.2) is 46.2 Å². The van der Waals surface area contributed by atoms with E-state index in [2.05, 4.69) is 25.6 Å². The van der Waals surface area contributed by atoms with Gasteiger partial charge in [0.2, 0.25) is 0 Å². The van der Waals surface area contributed by atoms with Gasteiger partial charge in [-0.1, -0.05) is 18.2 Å². The highest BCUT2D eigenvalue weighted by Gasteiger charge is 2.12. The first-order valence-electron chi connectivity index (χ1n) is 9.42. The molecule has 0 radical (unpaired) electrons. The van der Waals surface area contributed by atoms with E-state index in [0.717, 1.165) is 16.6 Å². The number of hydrogen-bond donors (Lipinski definition) is 4. The number of hydrogen-bond acceptors (Lipinski definition) is 6. The molecule has 0 unspecified atom stereocenters. The van der Waals surface area contributed by atoms with E-state index in [0.29, 0.717) is 28.5 Å². The molecule has 2 aromatic heterocycles. The van der Waals surface area contributed by atoms with Gasteiger partial charge in [0.25, 0.3) is 5.91 Å². The van der Waals surface area contributed by atoms with Crippen LogP contribution in [0.3, 0.4) is 0 Å². The molecule has 30 heavy (non-hydrogen) atoms. The lowest BCUT2D eigenvalue weighted by Gasteiger charge is -2.12.